The van der Waals surface area contributed by atoms with Gasteiger partial charge in [0.2, 0.25) is 0 Å². The van der Waals surface area contributed by atoms with Crippen LogP contribution in [0, 0.1) is 11.7 Å². The van der Waals surface area contributed by atoms with E-state index in [2.05, 4.69) is 31.1 Å². The van der Waals surface area contributed by atoms with Crippen LogP contribution in [0.1, 0.15) is 32.8 Å². The number of hydrogen-bond donors (Lipinski definition) is 2. The zero-order valence-electron chi connectivity index (χ0n) is 12.5. The van der Waals surface area contributed by atoms with Crippen molar-refractivity contribution >= 4 is 5.82 Å². The van der Waals surface area contributed by atoms with Crippen molar-refractivity contribution in [2.75, 3.05) is 24.6 Å². The Bertz CT molecular complexity index is 459. The van der Waals surface area contributed by atoms with Crippen molar-refractivity contribution in [2.24, 2.45) is 5.92 Å². The number of rotatable bonds is 4. The lowest BCUT2D eigenvalue weighted by atomic mass is 10.1. The SMILES string of the molecule is CC(C)(C)NCc1ccnc(N2CCC(CO)C2)c1F. The maximum Gasteiger partial charge on any atom is 0.170 e. The molecule has 0 aliphatic carbocycles. The van der Waals surface area contributed by atoms with Crippen LogP contribution in [0.5, 0.6) is 0 Å². The average molecular weight is 281 g/mol. The van der Waals surface area contributed by atoms with E-state index in [1.807, 2.05) is 4.90 Å². The first-order valence-corrected chi connectivity index (χ1v) is 7.15. The third kappa shape index (κ3) is 3.67. The summed E-state index contributed by atoms with van der Waals surface area (Å²) in [4.78, 5) is 6.10. The molecule has 1 unspecified atom stereocenters. The number of aromatic nitrogens is 1. The van der Waals surface area contributed by atoms with Crippen LogP contribution in [0.4, 0.5) is 10.2 Å². The standard InChI is InChI=1S/C15H24FN3O/c1-15(2,3)18-8-12-4-6-17-14(13(12)16)19-7-5-11(9-19)10-20/h4,6,11,18,20H,5,7-10H2,1-3H3. The monoisotopic (exact) mass is 281 g/mol. The van der Waals surface area contributed by atoms with Gasteiger partial charge in [0, 0.05) is 49.5 Å². The lowest BCUT2D eigenvalue weighted by Crippen LogP contribution is -2.35. The molecule has 4 nitrogen and oxygen atoms in total. The number of anilines is 1. The smallest absolute Gasteiger partial charge is 0.170 e. The van der Waals surface area contributed by atoms with Gasteiger partial charge in [-0.15, -0.1) is 0 Å². The molecule has 1 aliphatic rings. The van der Waals surface area contributed by atoms with Crippen molar-refractivity contribution in [1.29, 1.82) is 0 Å². The molecule has 1 aromatic heterocycles. The van der Waals surface area contributed by atoms with E-state index in [1.165, 1.54) is 0 Å². The molecule has 112 valence electrons. The predicted octanol–water partition coefficient (Wildman–Crippen LogP) is 1.93. The molecule has 2 heterocycles. The number of nitrogens with one attached hydrogen (secondary N) is 1. The molecule has 0 amide bonds. The van der Waals surface area contributed by atoms with E-state index in [1.54, 1.807) is 12.3 Å². The van der Waals surface area contributed by atoms with Gasteiger partial charge in [-0.05, 0) is 33.3 Å². The zero-order chi connectivity index (χ0) is 14.8. The van der Waals surface area contributed by atoms with Gasteiger partial charge in [0.15, 0.2) is 11.6 Å². The third-order valence-electron chi connectivity index (χ3n) is 3.60. The number of nitrogens with zero attached hydrogens (tertiary/aromatic N) is 2. The summed E-state index contributed by atoms with van der Waals surface area (Å²) in [7, 11) is 0. The van der Waals surface area contributed by atoms with Crippen LogP contribution in [0.15, 0.2) is 12.3 Å². The quantitative estimate of drug-likeness (QED) is 0.885. The molecule has 0 aromatic carbocycles. The summed E-state index contributed by atoms with van der Waals surface area (Å²) in [5.74, 6) is 0.393. The Labute approximate surface area is 120 Å². The molecular weight excluding hydrogens is 257 g/mol. The second-order valence-electron chi connectivity index (χ2n) is 6.49. The van der Waals surface area contributed by atoms with E-state index < -0.39 is 0 Å². The van der Waals surface area contributed by atoms with Crippen LogP contribution in [-0.2, 0) is 6.54 Å². The molecule has 1 saturated heterocycles. The van der Waals surface area contributed by atoms with Gasteiger partial charge in [0.1, 0.15) is 0 Å². The molecule has 0 bridgehead atoms. The van der Waals surface area contributed by atoms with E-state index in [9.17, 15) is 9.50 Å². The van der Waals surface area contributed by atoms with E-state index in [0.29, 0.717) is 24.5 Å². The van der Waals surface area contributed by atoms with Crippen LogP contribution < -0.4 is 10.2 Å². The van der Waals surface area contributed by atoms with Crippen LogP contribution in [0.25, 0.3) is 0 Å². The summed E-state index contributed by atoms with van der Waals surface area (Å²) in [5, 5.41) is 12.5. The van der Waals surface area contributed by atoms with Gasteiger partial charge >= 0.3 is 0 Å². The van der Waals surface area contributed by atoms with Gasteiger partial charge in [0.25, 0.3) is 0 Å². The highest BCUT2D eigenvalue weighted by Gasteiger charge is 2.25. The van der Waals surface area contributed by atoms with Gasteiger partial charge in [-0.3, -0.25) is 0 Å². The molecule has 20 heavy (non-hydrogen) atoms. The normalized spacial score (nSPS) is 19.6. The topological polar surface area (TPSA) is 48.4 Å². The zero-order valence-corrected chi connectivity index (χ0v) is 12.5. The van der Waals surface area contributed by atoms with Crippen molar-refractivity contribution < 1.29 is 9.50 Å². The molecule has 5 heteroatoms. The molecule has 2 rings (SSSR count). The Kier molecular flexibility index (Phi) is 4.60. The van der Waals surface area contributed by atoms with Crippen LogP contribution in [-0.4, -0.2) is 35.3 Å². The second kappa shape index (κ2) is 6.06. The van der Waals surface area contributed by atoms with Gasteiger partial charge in [0.05, 0.1) is 0 Å². The van der Waals surface area contributed by atoms with Crippen molar-refractivity contribution in [3.05, 3.63) is 23.6 Å². The Morgan fingerprint density at radius 2 is 2.25 bits per heavy atom. The molecule has 1 aliphatic heterocycles. The predicted molar refractivity (Wildman–Crippen MR) is 78.2 cm³/mol. The van der Waals surface area contributed by atoms with Gasteiger partial charge in [-0.2, -0.15) is 0 Å². The summed E-state index contributed by atoms with van der Waals surface area (Å²) >= 11 is 0. The maximum absolute atomic E-state index is 14.5. The van der Waals surface area contributed by atoms with Gasteiger partial charge in [-0.25, -0.2) is 9.37 Å². The Morgan fingerprint density at radius 3 is 2.85 bits per heavy atom. The molecule has 2 N–H and O–H groups in total. The Balaban J connectivity index is 2.11. The summed E-state index contributed by atoms with van der Waals surface area (Å²) in [6.45, 7) is 8.24. The molecule has 1 aromatic rings. The second-order valence-corrected chi connectivity index (χ2v) is 6.49. The lowest BCUT2D eigenvalue weighted by Gasteiger charge is -2.22. The summed E-state index contributed by atoms with van der Waals surface area (Å²) < 4.78 is 14.5. The highest BCUT2D eigenvalue weighted by Crippen LogP contribution is 2.26. The number of aliphatic hydroxyl groups excluding tert-OH is 1. The van der Waals surface area contributed by atoms with Crippen LogP contribution >= 0.6 is 0 Å². The van der Waals surface area contributed by atoms with Crippen LogP contribution in [0.2, 0.25) is 0 Å². The highest BCUT2D eigenvalue weighted by atomic mass is 19.1. The number of pyridine rings is 1. The minimum atomic E-state index is -0.247. The van der Waals surface area contributed by atoms with E-state index in [4.69, 9.17) is 0 Å². The first-order valence-electron chi connectivity index (χ1n) is 7.15. The fraction of sp³-hybridized carbons (Fsp3) is 0.667. The first-order chi connectivity index (χ1) is 9.40. The number of aliphatic hydroxyl groups is 1. The molecular formula is C15H24FN3O. The van der Waals surface area contributed by atoms with Crippen LogP contribution in [0.3, 0.4) is 0 Å². The number of hydrogen-bond acceptors (Lipinski definition) is 4. The van der Waals surface area contributed by atoms with Crippen molar-refractivity contribution in [2.45, 2.75) is 39.3 Å². The molecule has 0 radical (unpaired) electrons. The van der Waals surface area contributed by atoms with E-state index in [-0.39, 0.29) is 23.9 Å². The van der Waals surface area contributed by atoms with Gasteiger partial charge in [-0.1, -0.05) is 0 Å². The Hall–Kier alpha value is -1.20. The lowest BCUT2D eigenvalue weighted by molar-refractivity contribution is 0.238. The molecule has 0 saturated carbocycles. The van der Waals surface area contributed by atoms with Crippen molar-refractivity contribution in [1.82, 2.24) is 10.3 Å². The van der Waals surface area contributed by atoms with Crippen molar-refractivity contribution in [3.63, 3.8) is 0 Å². The minimum absolute atomic E-state index is 0.0501. The molecule has 1 fully saturated rings. The minimum Gasteiger partial charge on any atom is -0.396 e. The number of halogens is 1. The summed E-state index contributed by atoms with van der Waals surface area (Å²) in [6, 6.07) is 1.72. The fourth-order valence-corrected chi connectivity index (χ4v) is 2.36. The van der Waals surface area contributed by atoms with E-state index >= 15 is 0 Å². The summed E-state index contributed by atoms with van der Waals surface area (Å²) in [6.07, 6.45) is 2.55. The fourth-order valence-electron chi connectivity index (χ4n) is 2.36. The highest BCUT2D eigenvalue weighted by molar-refractivity contribution is 5.44. The largest absolute Gasteiger partial charge is 0.396 e. The maximum atomic E-state index is 14.5. The van der Waals surface area contributed by atoms with Gasteiger partial charge < -0.3 is 15.3 Å². The molecule has 0 spiro atoms. The Morgan fingerprint density at radius 1 is 1.50 bits per heavy atom. The first kappa shape index (κ1) is 15.2. The average Bonchev–Trinajstić information content (AvgIpc) is 2.85. The third-order valence-corrected chi connectivity index (χ3v) is 3.60. The summed E-state index contributed by atoms with van der Waals surface area (Å²) in [5.41, 5.74) is 0.586. The van der Waals surface area contributed by atoms with E-state index in [0.717, 1.165) is 13.0 Å². The van der Waals surface area contributed by atoms with Crippen molar-refractivity contribution in [3.8, 4) is 0 Å². The molecule has 1 atom stereocenters.